The first-order valence-corrected chi connectivity index (χ1v) is 17.1. The monoisotopic (exact) mass is 578 g/mol. The van der Waals surface area contributed by atoms with Crippen LogP contribution in [0.15, 0.2) is 119 Å². The molecule has 2 nitrogen and oxygen atoms in total. The van der Waals surface area contributed by atoms with Gasteiger partial charge in [0.25, 0.3) is 0 Å². The number of rotatable bonds is 8. The Morgan fingerprint density at radius 1 is 0.837 bits per heavy atom. The van der Waals surface area contributed by atoms with Crippen molar-refractivity contribution >= 4 is 57.6 Å². The lowest BCUT2D eigenvalue weighted by Crippen LogP contribution is -2.60. The molecule has 1 unspecified atom stereocenters. The molecule has 4 heteroatoms. The van der Waals surface area contributed by atoms with Gasteiger partial charge in [0, 0.05) is 50.2 Å². The second-order valence-corrected chi connectivity index (χ2v) is 14.0. The van der Waals surface area contributed by atoms with Crippen LogP contribution in [-0.4, -0.2) is 13.3 Å². The summed E-state index contributed by atoms with van der Waals surface area (Å²) in [6.45, 7) is 6.16. The van der Waals surface area contributed by atoms with Crippen LogP contribution < -0.4 is 26.2 Å². The van der Waals surface area contributed by atoms with Gasteiger partial charge in [-0.05, 0) is 72.2 Å². The zero-order valence-corrected chi connectivity index (χ0v) is 26.2. The molecular weight excluding hydrogens is 539 g/mol. The van der Waals surface area contributed by atoms with E-state index < -0.39 is 0 Å². The summed E-state index contributed by atoms with van der Waals surface area (Å²) >= 11 is 1.96. The Labute approximate surface area is 261 Å². The van der Waals surface area contributed by atoms with E-state index in [0.29, 0.717) is 0 Å². The van der Waals surface area contributed by atoms with Crippen molar-refractivity contribution in [1.29, 1.82) is 0 Å². The summed E-state index contributed by atoms with van der Waals surface area (Å²) in [6, 6.07) is 32.2. The Hall–Kier alpha value is -3.63. The summed E-state index contributed by atoms with van der Waals surface area (Å²) in [4.78, 5) is 7.97. The molecule has 4 aromatic carbocycles. The first-order chi connectivity index (χ1) is 21.2. The number of nitrogens with zero attached hydrogens (tertiary/aromatic N) is 2. The summed E-state index contributed by atoms with van der Waals surface area (Å²) in [5.41, 5.74) is 12.7. The van der Waals surface area contributed by atoms with Crippen LogP contribution in [0.25, 0.3) is 0 Å². The third kappa shape index (κ3) is 4.40. The predicted octanol–water partition coefficient (Wildman–Crippen LogP) is 8.73. The lowest BCUT2D eigenvalue weighted by molar-refractivity contribution is 0.437. The van der Waals surface area contributed by atoms with Gasteiger partial charge in [0.05, 0.1) is 0 Å². The van der Waals surface area contributed by atoms with Gasteiger partial charge in [-0.25, -0.2) is 0 Å². The Balaban J connectivity index is 1.33. The largest absolute Gasteiger partial charge is 0.341 e. The minimum Gasteiger partial charge on any atom is -0.341 e. The van der Waals surface area contributed by atoms with Gasteiger partial charge in [0.15, 0.2) is 0 Å². The molecule has 8 rings (SSSR count). The highest BCUT2D eigenvalue weighted by atomic mass is 32.2. The highest BCUT2D eigenvalue weighted by molar-refractivity contribution is 8.00. The molecule has 0 radical (unpaired) electrons. The SMILES string of the molecule is CCCCCCC1(C)CN2c3cc(N(C4=CCCC=C4)c4ccccc4)cc4c3B(c3ccccc3S4)c3cccc1c32. The predicted molar refractivity (Wildman–Crippen MR) is 186 cm³/mol. The maximum atomic E-state index is 2.71. The van der Waals surface area contributed by atoms with Crippen LogP contribution in [0.3, 0.4) is 0 Å². The van der Waals surface area contributed by atoms with Crippen LogP contribution >= 0.6 is 11.8 Å². The first-order valence-electron chi connectivity index (χ1n) is 16.2. The number of fused-ring (bicyclic) bond motifs is 4. The summed E-state index contributed by atoms with van der Waals surface area (Å²) in [5, 5.41) is 0. The number of para-hydroxylation sites is 2. The fourth-order valence-corrected chi connectivity index (χ4v) is 9.18. The molecule has 0 fully saturated rings. The minimum absolute atomic E-state index is 0.149. The molecule has 214 valence electrons. The molecule has 1 aliphatic carbocycles. The van der Waals surface area contributed by atoms with Crippen LogP contribution in [0, 0.1) is 0 Å². The quantitative estimate of drug-likeness (QED) is 0.134. The van der Waals surface area contributed by atoms with E-state index in [0.717, 1.165) is 19.4 Å². The standard InChI is InChI=1S/C39H39BN2S/c1-3-4-5-14-24-39(2)27-41-34-25-30(42(28-16-8-6-9-17-28)29-18-10-7-11-19-29)26-36-37(34)40(32-21-12-13-23-35(32)43-36)33-22-15-20-31(39)38(33)41/h6,8-10,12-13,15-23,25-26H,3-5,7,11,14,24,27H2,1-2H3. The number of anilines is 4. The van der Waals surface area contributed by atoms with E-state index in [1.165, 1.54) is 86.7 Å². The van der Waals surface area contributed by atoms with E-state index in [9.17, 15) is 0 Å². The van der Waals surface area contributed by atoms with Crippen LogP contribution in [0.1, 0.15) is 64.4 Å². The van der Waals surface area contributed by atoms with Gasteiger partial charge in [-0.1, -0.05) is 124 Å². The molecule has 0 saturated heterocycles. The lowest BCUT2D eigenvalue weighted by atomic mass is 9.35. The zero-order chi connectivity index (χ0) is 29.0. The van der Waals surface area contributed by atoms with Gasteiger partial charge < -0.3 is 9.80 Å². The van der Waals surface area contributed by atoms with E-state index in [2.05, 4.69) is 127 Å². The molecule has 0 aromatic heterocycles. The van der Waals surface area contributed by atoms with Crippen molar-refractivity contribution in [3.05, 3.63) is 114 Å². The van der Waals surface area contributed by atoms with Gasteiger partial charge in [-0.3, -0.25) is 0 Å². The molecule has 43 heavy (non-hydrogen) atoms. The normalized spacial score (nSPS) is 19.1. The second kappa shape index (κ2) is 10.8. The van der Waals surface area contributed by atoms with Crippen molar-refractivity contribution in [1.82, 2.24) is 0 Å². The Morgan fingerprint density at radius 2 is 1.67 bits per heavy atom. The molecular formula is C39H39BN2S. The van der Waals surface area contributed by atoms with E-state index in [4.69, 9.17) is 0 Å². The van der Waals surface area contributed by atoms with Crippen molar-refractivity contribution in [2.24, 2.45) is 0 Å². The Bertz CT molecular complexity index is 1760. The van der Waals surface area contributed by atoms with Crippen LogP contribution in [-0.2, 0) is 5.41 Å². The molecule has 0 spiro atoms. The number of benzene rings is 4. The molecule has 0 bridgehead atoms. The molecule has 0 N–H and O–H groups in total. The molecule has 0 saturated carbocycles. The molecule has 3 aliphatic heterocycles. The Morgan fingerprint density at radius 3 is 2.51 bits per heavy atom. The van der Waals surface area contributed by atoms with Crippen molar-refractivity contribution in [2.45, 2.75) is 74.0 Å². The highest BCUT2D eigenvalue weighted by Crippen LogP contribution is 2.50. The summed E-state index contributed by atoms with van der Waals surface area (Å²) in [5.74, 6) is 0. The summed E-state index contributed by atoms with van der Waals surface area (Å²) in [6.07, 6.45) is 15.7. The summed E-state index contributed by atoms with van der Waals surface area (Å²) < 4.78 is 0. The van der Waals surface area contributed by atoms with Crippen molar-refractivity contribution in [2.75, 3.05) is 16.3 Å². The number of hydrogen-bond acceptors (Lipinski definition) is 3. The molecule has 3 heterocycles. The van der Waals surface area contributed by atoms with Gasteiger partial charge in [-0.15, -0.1) is 0 Å². The summed E-state index contributed by atoms with van der Waals surface area (Å²) in [7, 11) is 0. The lowest BCUT2D eigenvalue weighted by Gasteiger charge is -2.40. The van der Waals surface area contributed by atoms with E-state index in [-0.39, 0.29) is 12.1 Å². The van der Waals surface area contributed by atoms with Gasteiger partial charge in [0.1, 0.15) is 0 Å². The van der Waals surface area contributed by atoms with E-state index >= 15 is 0 Å². The van der Waals surface area contributed by atoms with Gasteiger partial charge in [-0.2, -0.15) is 0 Å². The third-order valence-electron chi connectivity index (χ3n) is 10.0. The van der Waals surface area contributed by atoms with Crippen LogP contribution in [0.4, 0.5) is 22.7 Å². The smallest absolute Gasteiger partial charge is 0.249 e. The number of unbranched alkanes of at least 4 members (excludes halogenated alkanes) is 3. The first kappa shape index (κ1) is 27.0. The molecule has 4 aliphatic rings. The Kier molecular flexibility index (Phi) is 6.79. The van der Waals surface area contributed by atoms with Gasteiger partial charge >= 0.3 is 0 Å². The third-order valence-corrected chi connectivity index (χ3v) is 11.2. The van der Waals surface area contributed by atoms with Crippen molar-refractivity contribution in [3.63, 3.8) is 0 Å². The van der Waals surface area contributed by atoms with Crippen molar-refractivity contribution in [3.8, 4) is 0 Å². The maximum absolute atomic E-state index is 2.71. The maximum Gasteiger partial charge on any atom is 0.249 e. The van der Waals surface area contributed by atoms with E-state index in [1.807, 2.05) is 11.8 Å². The number of hydrogen-bond donors (Lipinski definition) is 0. The average molecular weight is 579 g/mol. The molecule has 1 atom stereocenters. The highest BCUT2D eigenvalue weighted by Gasteiger charge is 2.48. The topological polar surface area (TPSA) is 6.48 Å². The second-order valence-electron chi connectivity index (χ2n) is 12.9. The van der Waals surface area contributed by atoms with Gasteiger partial charge in [0.2, 0.25) is 6.71 Å². The zero-order valence-electron chi connectivity index (χ0n) is 25.4. The fourth-order valence-electron chi connectivity index (χ4n) is 7.98. The molecule has 0 amide bonds. The van der Waals surface area contributed by atoms with Crippen molar-refractivity contribution < 1.29 is 0 Å². The fraction of sp³-hybridized carbons (Fsp3) is 0.282. The van der Waals surface area contributed by atoms with Crippen LogP contribution in [0.2, 0.25) is 0 Å². The average Bonchev–Trinajstić information content (AvgIpc) is 3.35. The number of allylic oxidation sites excluding steroid dienone is 3. The van der Waals surface area contributed by atoms with E-state index in [1.54, 1.807) is 5.56 Å². The van der Waals surface area contributed by atoms with Crippen LogP contribution in [0.5, 0.6) is 0 Å². The molecule has 4 aromatic rings. The minimum atomic E-state index is 0.149.